The molecule has 0 aromatic heterocycles. The first-order chi connectivity index (χ1) is 10.5. The smallest absolute Gasteiger partial charge is 0.261 e. The molecule has 6 nitrogen and oxygen atoms in total. The van der Waals surface area contributed by atoms with Crippen LogP contribution in [0.1, 0.15) is 23.3 Å². The van der Waals surface area contributed by atoms with E-state index in [9.17, 15) is 18.0 Å². The van der Waals surface area contributed by atoms with Crippen molar-refractivity contribution in [1.82, 2.24) is 0 Å². The first-order valence-electron chi connectivity index (χ1n) is 6.38. The quantitative estimate of drug-likeness (QED) is 0.518. The molecule has 1 aliphatic heterocycles. The Morgan fingerprint density at radius 1 is 1.17 bits per heavy atom. The monoisotopic (exact) mass is 333 g/mol. The van der Waals surface area contributed by atoms with Crippen LogP contribution in [0.3, 0.4) is 0 Å². The van der Waals surface area contributed by atoms with Crippen LogP contribution >= 0.6 is 0 Å². The van der Waals surface area contributed by atoms with Crippen LogP contribution in [-0.2, 0) is 21.4 Å². The van der Waals surface area contributed by atoms with Gasteiger partial charge in [0.2, 0.25) is 5.78 Å². The lowest BCUT2D eigenvalue weighted by molar-refractivity contribution is -0.104. The van der Waals surface area contributed by atoms with E-state index in [4.69, 9.17) is 4.74 Å². The number of benzene rings is 2. The molecule has 23 heavy (non-hydrogen) atoms. The van der Waals surface area contributed by atoms with Crippen LogP contribution in [0.5, 0.6) is 5.75 Å². The number of fused-ring (bicyclic) bond motifs is 4. The molecule has 0 spiro atoms. The third-order valence-electron chi connectivity index (χ3n) is 3.22. The minimum Gasteiger partial charge on any atom is -0.489 e. The average Bonchev–Trinajstić information content (AvgIpc) is 2.51. The standard InChI is InChI=1S/C15H11NO5S.CH4/c17-8-15(18)13-5-4-11-7-14(13)16-22(19,20)12-3-1-2-10(6-12)9-21-11;/h1-8,16H,9H2;1H4. The van der Waals surface area contributed by atoms with Gasteiger partial charge in [0.25, 0.3) is 10.0 Å². The van der Waals surface area contributed by atoms with E-state index in [1.807, 2.05) is 0 Å². The minimum absolute atomic E-state index is 0. The van der Waals surface area contributed by atoms with Crippen molar-refractivity contribution < 1.29 is 22.7 Å². The molecular formula is C16H15NO5S. The molecule has 1 heterocycles. The topological polar surface area (TPSA) is 89.5 Å². The first-order valence-corrected chi connectivity index (χ1v) is 7.86. The molecule has 0 aliphatic carbocycles. The Labute approximate surface area is 134 Å². The van der Waals surface area contributed by atoms with Crippen molar-refractivity contribution in [1.29, 1.82) is 0 Å². The zero-order valence-corrected chi connectivity index (χ0v) is 12.1. The van der Waals surface area contributed by atoms with Crippen molar-refractivity contribution in [3.63, 3.8) is 0 Å². The first kappa shape index (κ1) is 16.7. The number of carbonyl (C=O) groups is 2. The van der Waals surface area contributed by atoms with Gasteiger partial charge in [0, 0.05) is 11.6 Å². The van der Waals surface area contributed by atoms with Crippen LogP contribution in [0.4, 0.5) is 5.69 Å². The predicted octanol–water partition coefficient (Wildman–Crippen LogP) is 2.40. The maximum absolute atomic E-state index is 12.4. The van der Waals surface area contributed by atoms with Gasteiger partial charge in [0.1, 0.15) is 12.4 Å². The summed E-state index contributed by atoms with van der Waals surface area (Å²) in [7, 11) is -3.86. The molecule has 7 heteroatoms. The third-order valence-corrected chi connectivity index (χ3v) is 4.59. The summed E-state index contributed by atoms with van der Waals surface area (Å²) in [6.07, 6.45) is 0.139. The van der Waals surface area contributed by atoms with Gasteiger partial charge in [-0.2, -0.15) is 0 Å². The molecule has 3 rings (SSSR count). The molecule has 0 amide bonds. The van der Waals surface area contributed by atoms with Crippen molar-refractivity contribution in [2.24, 2.45) is 0 Å². The van der Waals surface area contributed by atoms with Gasteiger partial charge in [0.15, 0.2) is 6.29 Å². The summed E-state index contributed by atoms with van der Waals surface area (Å²) in [6, 6.07) is 10.6. The SMILES string of the molecule is C.O=CC(=O)c1ccc2cc1NS(=O)(=O)c1cccc(c1)CO2. The molecule has 120 valence electrons. The second-order valence-electron chi connectivity index (χ2n) is 4.73. The Kier molecular flexibility index (Phi) is 4.51. The maximum atomic E-state index is 12.4. The van der Waals surface area contributed by atoms with E-state index in [1.165, 1.54) is 30.3 Å². The Hall–Kier alpha value is -2.67. The molecule has 0 atom stereocenters. The summed E-state index contributed by atoms with van der Waals surface area (Å²) < 4.78 is 32.7. The van der Waals surface area contributed by atoms with Crippen LogP contribution in [0, 0.1) is 0 Å². The number of hydrogen-bond acceptors (Lipinski definition) is 5. The Bertz CT molecular complexity index is 874. The van der Waals surface area contributed by atoms with Gasteiger partial charge in [-0.3, -0.25) is 14.3 Å². The maximum Gasteiger partial charge on any atom is 0.261 e. The van der Waals surface area contributed by atoms with Crippen LogP contribution in [0.2, 0.25) is 0 Å². The lowest BCUT2D eigenvalue weighted by Crippen LogP contribution is -2.17. The number of ketones is 1. The Morgan fingerprint density at radius 2 is 1.96 bits per heavy atom. The number of sulfonamides is 1. The molecule has 1 N–H and O–H groups in total. The van der Waals surface area contributed by atoms with E-state index < -0.39 is 15.8 Å². The second-order valence-corrected chi connectivity index (χ2v) is 6.41. The number of nitrogens with one attached hydrogen (secondary N) is 1. The van der Waals surface area contributed by atoms with Gasteiger partial charge in [0.05, 0.1) is 10.6 Å². The normalized spacial score (nSPS) is 14.4. The van der Waals surface area contributed by atoms with Crippen LogP contribution in [0.25, 0.3) is 0 Å². The Balaban J connectivity index is 0.00000192. The predicted molar refractivity (Wildman–Crippen MR) is 85.2 cm³/mol. The number of hydrogen-bond donors (Lipinski definition) is 1. The van der Waals surface area contributed by atoms with Crippen LogP contribution in [-0.4, -0.2) is 20.5 Å². The van der Waals surface area contributed by atoms with E-state index in [2.05, 4.69) is 4.72 Å². The Morgan fingerprint density at radius 3 is 2.70 bits per heavy atom. The lowest BCUT2D eigenvalue weighted by atomic mass is 10.1. The molecule has 1 aliphatic rings. The summed E-state index contributed by atoms with van der Waals surface area (Å²) >= 11 is 0. The van der Waals surface area contributed by atoms with E-state index >= 15 is 0 Å². The van der Waals surface area contributed by atoms with Gasteiger partial charge in [-0.15, -0.1) is 0 Å². The van der Waals surface area contributed by atoms with E-state index in [-0.39, 0.29) is 36.5 Å². The van der Waals surface area contributed by atoms with Crippen molar-refractivity contribution >= 4 is 27.8 Å². The number of ether oxygens (including phenoxy) is 1. The number of anilines is 1. The molecule has 0 saturated heterocycles. The van der Waals surface area contributed by atoms with E-state index in [1.54, 1.807) is 12.1 Å². The van der Waals surface area contributed by atoms with Gasteiger partial charge in [-0.05, 0) is 29.8 Å². The highest BCUT2D eigenvalue weighted by Crippen LogP contribution is 2.28. The molecule has 0 saturated carbocycles. The molecule has 0 unspecified atom stereocenters. The summed E-state index contributed by atoms with van der Waals surface area (Å²) in [6.45, 7) is 0.198. The van der Waals surface area contributed by atoms with Gasteiger partial charge >= 0.3 is 0 Å². The number of rotatable bonds is 2. The molecule has 4 bridgehead atoms. The third kappa shape index (κ3) is 3.24. The van der Waals surface area contributed by atoms with Gasteiger partial charge in [-0.25, -0.2) is 8.42 Å². The zero-order chi connectivity index (χ0) is 15.7. The lowest BCUT2D eigenvalue weighted by Gasteiger charge is -2.16. The second kappa shape index (κ2) is 6.21. The number of carbonyl (C=O) groups excluding carboxylic acids is 2. The van der Waals surface area contributed by atoms with E-state index in [0.717, 1.165) is 0 Å². The summed E-state index contributed by atoms with van der Waals surface area (Å²) in [5, 5.41) is 0. The fourth-order valence-electron chi connectivity index (χ4n) is 2.15. The fraction of sp³-hybridized carbons (Fsp3) is 0.125. The molecule has 0 fully saturated rings. The molecular weight excluding hydrogens is 318 g/mol. The highest BCUT2D eigenvalue weighted by molar-refractivity contribution is 7.92. The largest absolute Gasteiger partial charge is 0.489 e. The highest BCUT2D eigenvalue weighted by Gasteiger charge is 2.21. The summed E-state index contributed by atoms with van der Waals surface area (Å²) in [5.74, 6) is -0.414. The average molecular weight is 333 g/mol. The fourth-order valence-corrected chi connectivity index (χ4v) is 3.29. The van der Waals surface area contributed by atoms with Gasteiger partial charge in [-0.1, -0.05) is 19.6 Å². The molecule has 2 aromatic rings. The summed E-state index contributed by atoms with van der Waals surface area (Å²) in [4.78, 5) is 22.4. The minimum atomic E-state index is -3.86. The number of Topliss-reactive ketones (excluding diaryl/α,β-unsaturated/α-hetero) is 1. The van der Waals surface area contributed by atoms with Gasteiger partial charge < -0.3 is 4.74 Å². The highest BCUT2D eigenvalue weighted by atomic mass is 32.2. The van der Waals surface area contributed by atoms with E-state index in [0.29, 0.717) is 11.3 Å². The van der Waals surface area contributed by atoms with Crippen molar-refractivity contribution in [2.45, 2.75) is 18.9 Å². The van der Waals surface area contributed by atoms with Crippen LogP contribution in [0.15, 0.2) is 47.4 Å². The van der Waals surface area contributed by atoms with Crippen LogP contribution < -0.4 is 9.46 Å². The summed E-state index contributed by atoms with van der Waals surface area (Å²) in [5.41, 5.74) is 0.698. The van der Waals surface area contributed by atoms with Crippen molar-refractivity contribution in [3.05, 3.63) is 53.6 Å². The molecule has 2 aromatic carbocycles. The number of aldehydes is 1. The molecule has 0 radical (unpaired) electrons. The van der Waals surface area contributed by atoms with Crippen molar-refractivity contribution in [3.8, 4) is 5.75 Å². The van der Waals surface area contributed by atoms with Crippen molar-refractivity contribution in [2.75, 3.05) is 4.72 Å². The zero-order valence-electron chi connectivity index (χ0n) is 11.3.